The van der Waals surface area contributed by atoms with E-state index in [1.54, 1.807) is 13.3 Å². The van der Waals surface area contributed by atoms with Crippen LogP contribution in [0.5, 0.6) is 11.5 Å². The third-order valence-corrected chi connectivity index (χ3v) is 3.98. The Bertz CT molecular complexity index is 770. The van der Waals surface area contributed by atoms with Crippen LogP contribution in [0.25, 0.3) is 0 Å². The zero-order valence-electron chi connectivity index (χ0n) is 17.8. The van der Waals surface area contributed by atoms with Crippen molar-refractivity contribution in [1.82, 2.24) is 15.6 Å². The molecule has 0 radical (unpaired) electrons. The summed E-state index contributed by atoms with van der Waals surface area (Å²) in [5.74, 6) is 3.23. The van der Waals surface area contributed by atoms with Crippen LogP contribution < -0.4 is 25.0 Å². The lowest BCUT2D eigenvalue weighted by Crippen LogP contribution is -2.41. The minimum absolute atomic E-state index is 0. The molecule has 8 heteroatoms. The van der Waals surface area contributed by atoms with Gasteiger partial charge < -0.3 is 25.0 Å². The van der Waals surface area contributed by atoms with Gasteiger partial charge >= 0.3 is 0 Å². The number of nitrogens with one attached hydrogen (secondary N) is 2. The highest BCUT2D eigenvalue weighted by Gasteiger charge is 2.08. The van der Waals surface area contributed by atoms with Crippen LogP contribution in [0.4, 0.5) is 5.82 Å². The topological polar surface area (TPSA) is 71.0 Å². The van der Waals surface area contributed by atoms with Gasteiger partial charge in [0.25, 0.3) is 0 Å². The zero-order valence-corrected chi connectivity index (χ0v) is 20.1. The smallest absolute Gasteiger partial charge is 0.191 e. The first-order valence-corrected chi connectivity index (χ1v) is 9.47. The van der Waals surface area contributed by atoms with E-state index in [1.165, 1.54) is 0 Å². The molecule has 7 nitrogen and oxygen atoms in total. The van der Waals surface area contributed by atoms with E-state index in [9.17, 15) is 0 Å². The average Bonchev–Trinajstić information content (AvgIpc) is 2.70. The normalized spacial score (nSPS) is 11.8. The molecule has 1 heterocycles. The second-order valence-electron chi connectivity index (χ2n) is 6.56. The van der Waals surface area contributed by atoms with E-state index >= 15 is 0 Å². The Hall–Kier alpha value is -2.23. The number of aliphatic imine (C=N–C) groups is 1. The molecular weight excluding hydrogens is 481 g/mol. The summed E-state index contributed by atoms with van der Waals surface area (Å²) in [5.41, 5.74) is 1.07. The molecule has 0 aliphatic rings. The van der Waals surface area contributed by atoms with Crippen molar-refractivity contribution in [2.24, 2.45) is 4.99 Å². The van der Waals surface area contributed by atoms with Crippen LogP contribution in [0.1, 0.15) is 19.4 Å². The van der Waals surface area contributed by atoms with Crippen LogP contribution in [0.3, 0.4) is 0 Å². The van der Waals surface area contributed by atoms with Gasteiger partial charge in [-0.05, 0) is 32.0 Å². The van der Waals surface area contributed by atoms with E-state index in [1.807, 2.05) is 69.2 Å². The van der Waals surface area contributed by atoms with Crippen LogP contribution in [-0.4, -0.2) is 51.3 Å². The molecule has 0 spiro atoms. The van der Waals surface area contributed by atoms with E-state index < -0.39 is 0 Å². The average molecular weight is 513 g/mol. The second kappa shape index (κ2) is 13.1. The van der Waals surface area contributed by atoms with Gasteiger partial charge in [0.1, 0.15) is 23.4 Å². The Kier molecular flexibility index (Phi) is 11.2. The van der Waals surface area contributed by atoms with Crippen LogP contribution in [-0.2, 0) is 6.54 Å². The van der Waals surface area contributed by atoms with Gasteiger partial charge in [0.2, 0.25) is 0 Å². The van der Waals surface area contributed by atoms with Crippen molar-refractivity contribution in [2.75, 3.05) is 39.2 Å². The molecule has 0 saturated carbocycles. The van der Waals surface area contributed by atoms with Crippen molar-refractivity contribution in [3.05, 3.63) is 48.2 Å². The molecule has 1 aromatic heterocycles. The summed E-state index contributed by atoms with van der Waals surface area (Å²) in [7, 11) is 5.61. The van der Waals surface area contributed by atoms with Gasteiger partial charge in [-0.2, -0.15) is 0 Å². The Morgan fingerprint density at radius 3 is 2.62 bits per heavy atom. The minimum Gasteiger partial charge on any atom is -0.497 e. The van der Waals surface area contributed by atoms with Crippen molar-refractivity contribution in [1.29, 1.82) is 0 Å². The number of nitrogens with zero attached hydrogens (tertiary/aromatic N) is 3. The molecule has 0 fully saturated rings. The fourth-order valence-electron chi connectivity index (χ4n) is 2.65. The number of methoxy groups -OCH3 is 1. The molecule has 160 valence electrons. The highest BCUT2D eigenvalue weighted by atomic mass is 127. The summed E-state index contributed by atoms with van der Waals surface area (Å²) in [6.07, 6.45) is 1.76. The molecule has 0 bridgehead atoms. The SMILES string of the molecule is CCNC(=NCc1cccnc1N(C)C)NCC(C)Oc1cccc(OC)c1.I. The van der Waals surface area contributed by atoms with E-state index in [-0.39, 0.29) is 30.1 Å². The fraction of sp³-hybridized carbons (Fsp3) is 0.429. The molecule has 2 rings (SSSR count). The predicted octanol–water partition coefficient (Wildman–Crippen LogP) is 3.30. The van der Waals surface area contributed by atoms with Crippen molar-refractivity contribution in [3.8, 4) is 11.5 Å². The number of benzene rings is 1. The number of anilines is 1. The van der Waals surface area contributed by atoms with Gasteiger partial charge in [-0.15, -0.1) is 24.0 Å². The summed E-state index contributed by atoms with van der Waals surface area (Å²) >= 11 is 0. The summed E-state index contributed by atoms with van der Waals surface area (Å²) in [5, 5.41) is 6.61. The van der Waals surface area contributed by atoms with Gasteiger partial charge in [0.15, 0.2) is 5.96 Å². The van der Waals surface area contributed by atoms with E-state index in [0.717, 1.165) is 35.4 Å². The van der Waals surface area contributed by atoms with E-state index in [2.05, 4.69) is 20.6 Å². The first-order valence-electron chi connectivity index (χ1n) is 9.47. The number of hydrogen-bond acceptors (Lipinski definition) is 5. The number of pyridine rings is 1. The number of rotatable bonds is 9. The maximum Gasteiger partial charge on any atom is 0.191 e. The molecule has 0 aliphatic heterocycles. The standard InChI is InChI=1S/C21H31N5O2.HI/c1-6-22-21(25-15-17-9-8-12-23-20(17)26(3)4)24-14-16(2)28-19-11-7-10-18(13-19)27-5;/h7-13,16H,6,14-15H2,1-5H3,(H2,22,24,25);1H. The molecule has 2 N–H and O–H groups in total. The summed E-state index contributed by atoms with van der Waals surface area (Å²) in [4.78, 5) is 11.1. The largest absolute Gasteiger partial charge is 0.497 e. The second-order valence-corrected chi connectivity index (χ2v) is 6.56. The molecule has 29 heavy (non-hydrogen) atoms. The number of halogens is 1. The molecule has 0 amide bonds. The Balaban J connectivity index is 0.00000420. The van der Waals surface area contributed by atoms with Crippen LogP contribution in [0.2, 0.25) is 0 Å². The van der Waals surface area contributed by atoms with Gasteiger partial charge in [-0.1, -0.05) is 12.1 Å². The van der Waals surface area contributed by atoms with Crippen molar-refractivity contribution < 1.29 is 9.47 Å². The van der Waals surface area contributed by atoms with E-state index in [4.69, 9.17) is 9.47 Å². The van der Waals surface area contributed by atoms with Gasteiger partial charge in [-0.25, -0.2) is 9.98 Å². The maximum absolute atomic E-state index is 5.96. The highest BCUT2D eigenvalue weighted by molar-refractivity contribution is 14.0. The summed E-state index contributed by atoms with van der Waals surface area (Å²) in [6.45, 7) is 6.01. The predicted molar refractivity (Wildman–Crippen MR) is 130 cm³/mol. The molecule has 1 unspecified atom stereocenters. The Morgan fingerprint density at radius 2 is 1.93 bits per heavy atom. The number of ether oxygens (including phenoxy) is 2. The molecular formula is C21H32IN5O2. The van der Waals surface area contributed by atoms with Crippen LogP contribution >= 0.6 is 24.0 Å². The molecule has 1 atom stereocenters. The number of hydrogen-bond donors (Lipinski definition) is 2. The lowest BCUT2D eigenvalue weighted by Gasteiger charge is -2.18. The van der Waals surface area contributed by atoms with Crippen molar-refractivity contribution in [2.45, 2.75) is 26.5 Å². The zero-order chi connectivity index (χ0) is 20.4. The maximum atomic E-state index is 5.96. The lowest BCUT2D eigenvalue weighted by molar-refractivity contribution is 0.223. The van der Waals surface area contributed by atoms with Crippen molar-refractivity contribution in [3.63, 3.8) is 0 Å². The number of aromatic nitrogens is 1. The van der Waals surface area contributed by atoms with Gasteiger partial charge in [0, 0.05) is 38.5 Å². The Morgan fingerprint density at radius 1 is 1.17 bits per heavy atom. The fourth-order valence-corrected chi connectivity index (χ4v) is 2.65. The number of guanidine groups is 1. The van der Waals surface area contributed by atoms with Crippen LogP contribution in [0, 0.1) is 0 Å². The van der Waals surface area contributed by atoms with Crippen LogP contribution in [0.15, 0.2) is 47.6 Å². The monoisotopic (exact) mass is 513 g/mol. The third-order valence-electron chi connectivity index (χ3n) is 3.98. The molecule has 0 saturated heterocycles. The molecule has 2 aromatic rings. The van der Waals surface area contributed by atoms with Gasteiger partial charge in [-0.3, -0.25) is 0 Å². The highest BCUT2D eigenvalue weighted by Crippen LogP contribution is 2.19. The molecule has 0 aliphatic carbocycles. The summed E-state index contributed by atoms with van der Waals surface area (Å²) in [6, 6.07) is 11.6. The van der Waals surface area contributed by atoms with Gasteiger partial charge in [0.05, 0.1) is 20.2 Å². The van der Waals surface area contributed by atoms with Crippen molar-refractivity contribution >= 4 is 35.8 Å². The first-order chi connectivity index (χ1) is 13.5. The van der Waals surface area contributed by atoms with E-state index in [0.29, 0.717) is 13.1 Å². The first kappa shape index (κ1) is 24.8. The third kappa shape index (κ3) is 8.35. The summed E-state index contributed by atoms with van der Waals surface area (Å²) < 4.78 is 11.2. The minimum atomic E-state index is -0.0355. The molecule has 1 aromatic carbocycles. The lowest BCUT2D eigenvalue weighted by atomic mass is 10.2. The quantitative estimate of drug-likeness (QED) is 0.305. The Labute approximate surface area is 190 Å².